The minimum atomic E-state index is -0.765. The lowest BCUT2D eigenvalue weighted by Crippen LogP contribution is -2.50. The molecule has 3 unspecified atom stereocenters. The van der Waals surface area contributed by atoms with Gasteiger partial charge in [0.2, 0.25) is 6.79 Å². The lowest BCUT2D eigenvalue weighted by Gasteiger charge is -2.46. The van der Waals surface area contributed by atoms with Crippen LogP contribution in [0.5, 0.6) is 34.5 Å². The van der Waals surface area contributed by atoms with Crippen molar-refractivity contribution in [3.63, 3.8) is 0 Å². The molecule has 0 radical (unpaired) electrons. The van der Waals surface area contributed by atoms with Crippen LogP contribution >= 0.6 is 11.8 Å². The zero-order chi connectivity index (χ0) is 43.7. The second-order valence-electron chi connectivity index (χ2n) is 16.4. The maximum absolute atomic E-state index is 15.0. The van der Waals surface area contributed by atoms with Crippen LogP contribution in [0.3, 0.4) is 0 Å². The Kier molecular flexibility index (Phi) is 13.6. The lowest BCUT2D eigenvalue weighted by molar-refractivity contribution is -0.153. The number of hydrogen-bond donors (Lipinski definition) is 3. The third kappa shape index (κ3) is 8.34. The second kappa shape index (κ2) is 18.7. The van der Waals surface area contributed by atoms with E-state index in [4.69, 9.17) is 28.4 Å². The molecule has 7 rings (SSSR count). The first-order valence-corrected chi connectivity index (χ1v) is 22.4. The molecular formula is C46H60N4O10S. The number of aryl methyl sites for hydroxylation is 2. The number of nitrogens with zero attached hydrogens (tertiary/aromatic N) is 3. The van der Waals surface area contributed by atoms with Gasteiger partial charge < -0.3 is 48.5 Å². The summed E-state index contributed by atoms with van der Waals surface area (Å²) in [4.78, 5) is 37.7. The number of ether oxygens (including phenoxy) is 6. The van der Waals surface area contributed by atoms with Crippen LogP contribution in [0.25, 0.3) is 10.9 Å². The first-order chi connectivity index (χ1) is 29.3. The summed E-state index contributed by atoms with van der Waals surface area (Å²) in [5.41, 5.74) is 7.48. The second-order valence-corrected chi connectivity index (χ2v) is 17.3. The van der Waals surface area contributed by atoms with Crippen LogP contribution in [0.2, 0.25) is 0 Å². The predicted molar refractivity (Wildman–Crippen MR) is 235 cm³/mol. The van der Waals surface area contributed by atoms with Crippen molar-refractivity contribution in [2.45, 2.75) is 77.5 Å². The van der Waals surface area contributed by atoms with E-state index in [0.29, 0.717) is 84.3 Å². The number of methoxy groups -OCH3 is 2. The zero-order valence-corrected chi connectivity index (χ0v) is 37.6. The highest BCUT2D eigenvalue weighted by Crippen LogP contribution is 2.52. The summed E-state index contributed by atoms with van der Waals surface area (Å²) in [6.07, 6.45) is 4.69. The number of carbonyl (C=O) groups is 2. The van der Waals surface area contributed by atoms with Gasteiger partial charge in [-0.2, -0.15) is 11.8 Å². The molecule has 0 saturated carbocycles. The number of aliphatic hydroxyl groups excluding tert-OH is 1. The Morgan fingerprint density at radius 2 is 1.80 bits per heavy atom. The van der Waals surface area contributed by atoms with E-state index in [9.17, 15) is 19.8 Å². The Bertz CT molecular complexity index is 2280. The number of benzene rings is 3. The predicted octanol–water partition coefficient (Wildman–Crippen LogP) is 6.32. The highest BCUT2D eigenvalue weighted by Gasteiger charge is 2.44. The van der Waals surface area contributed by atoms with Crippen LogP contribution < -0.4 is 23.7 Å². The molecule has 0 aliphatic carbocycles. The number of aliphatic hydroxyl groups is 1. The fourth-order valence-electron chi connectivity index (χ4n) is 9.94. The number of aromatic amines is 1. The van der Waals surface area contributed by atoms with Crippen LogP contribution in [-0.4, -0.2) is 128 Å². The first kappa shape index (κ1) is 44.4. The molecular weight excluding hydrogens is 801 g/mol. The van der Waals surface area contributed by atoms with Gasteiger partial charge in [-0.05, 0) is 108 Å². The fraction of sp³-hybridized carbons (Fsp3) is 0.522. The van der Waals surface area contributed by atoms with Gasteiger partial charge in [-0.25, -0.2) is 4.79 Å². The van der Waals surface area contributed by atoms with Gasteiger partial charge in [-0.3, -0.25) is 14.6 Å². The number of carbonyl (C=O) groups excluding carboxylic acids is 2. The number of likely N-dealkylation sites (N-methyl/N-ethyl adjacent to an activating group) is 1. The minimum absolute atomic E-state index is 0.00932. The number of fused-ring (bicyclic) bond motifs is 5. The van der Waals surface area contributed by atoms with Gasteiger partial charge in [-0.1, -0.05) is 6.07 Å². The molecule has 1 aromatic heterocycles. The van der Waals surface area contributed by atoms with Gasteiger partial charge in [-0.15, -0.1) is 0 Å². The standard InChI is InChI=1S/C46H60N4O10S/c1-25-20-29-12-10-17-50(35(23-61-9)39(48(5)6)37(29)41(53)42(25)56-8)34(36-26(2)43(60-28(4)52)27(3)44-45(36)59-24-58-44)22-57-46(54)40-38-31(15-18-49(40)16-11-19-51)32-21-30(55-7)13-14-33(32)47-38/h13-14,20-21,34-35,39-40,47,51,53H,10-12,15-19,22-24H2,1-9H3/t34?,35?,39-,40?/m0/s1. The summed E-state index contributed by atoms with van der Waals surface area (Å²) in [6.45, 7) is 8.67. The Morgan fingerprint density at radius 1 is 1.03 bits per heavy atom. The number of rotatable bonds is 14. The fourth-order valence-corrected chi connectivity index (χ4v) is 10.7. The summed E-state index contributed by atoms with van der Waals surface area (Å²) in [5, 5.41) is 22.9. The molecule has 61 heavy (non-hydrogen) atoms. The Hall–Kier alpha value is -4.67. The van der Waals surface area contributed by atoms with Crippen molar-refractivity contribution in [3.05, 3.63) is 68.9 Å². The molecule has 0 spiro atoms. The van der Waals surface area contributed by atoms with E-state index < -0.39 is 24.0 Å². The molecule has 4 atom stereocenters. The Morgan fingerprint density at radius 3 is 2.49 bits per heavy atom. The van der Waals surface area contributed by atoms with Crippen molar-refractivity contribution >= 4 is 34.6 Å². The number of thioether (sulfide) groups is 1. The quantitative estimate of drug-likeness (QED) is 0.0957. The van der Waals surface area contributed by atoms with Gasteiger partial charge in [0.05, 0.1) is 26.3 Å². The molecule has 0 bridgehead atoms. The van der Waals surface area contributed by atoms with Crippen molar-refractivity contribution in [1.82, 2.24) is 19.7 Å². The van der Waals surface area contributed by atoms with E-state index in [1.165, 1.54) is 6.92 Å². The van der Waals surface area contributed by atoms with E-state index in [-0.39, 0.29) is 37.8 Å². The van der Waals surface area contributed by atoms with Crippen LogP contribution in [0, 0.1) is 20.8 Å². The number of nitrogens with one attached hydrogen (secondary N) is 1. The summed E-state index contributed by atoms with van der Waals surface area (Å²) < 4.78 is 36.3. The third-order valence-corrected chi connectivity index (χ3v) is 13.2. The lowest BCUT2D eigenvalue weighted by atomic mass is 9.85. The molecule has 330 valence electrons. The number of phenolic OH excluding ortho intramolecular Hbond substituents is 1. The van der Waals surface area contributed by atoms with E-state index in [2.05, 4.69) is 32.0 Å². The van der Waals surface area contributed by atoms with Crippen LogP contribution in [0.1, 0.15) is 82.5 Å². The summed E-state index contributed by atoms with van der Waals surface area (Å²) in [6, 6.07) is 6.04. The zero-order valence-electron chi connectivity index (χ0n) is 36.8. The highest BCUT2D eigenvalue weighted by atomic mass is 32.2. The molecule has 3 aliphatic heterocycles. The summed E-state index contributed by atoms with van der Waals surface area (Å²) in [5.74, 6) is 2.44. The van der Waals surface area contributed by atoms with Gasteiger partial charge in [0, 0.05) is 77.3 Å². The van der Waals surface area contributed by atoms with Crippen molar-refractivity contribution < 1.29 is 48.2 Å². The summed E-state index contributed by atoms with van der Waals surface area (Å²) >= 11 is 1.70. The van der Waals surface area contributed by atoms with Crippen molar-refractivity contribution in [2.24, 2.45) is 0 Å². The largest absolute Gasteiger partial charge is 0.504 e. The molecule has 4 heterocycles. The average Bonchev–Trinajstić information content (AvgIpc) is 3.86. The number of H-pyrrole nitrogens is 1. The molecule has 0 saturated heterocycles. The Labute approximate surface area is 362 Å². The number of hydrogen-bond acceptors (Lipinski definition) is 14. The maximum atomic E-state index is 15.0. The molecule has 15 heteroatoms. The first-order valence-electron chi connectivity index (χ1n) is 21.0. The van der Waals surface area contributed by atoms with E-state index in [0.717, 1.165) is 51.0 Å². The Balaban J connectivity index is 1.38. The van der Waals surface area contributed by atoms with Gasteiger partial charge in [0.1, 0.15) is 24.1 Å². The molecule has 14 nitrogen and oxygen atoms in total. The third-order valence-electron chi connectivity index (χ3n) is 12.5. The smallest absolute Gasteiger partial charge is 0.329 e. The number of aromatic hydroxyl groups is 1. The van der Waals surface area contributed by atoms with E-state index in [1.807, 2.05) is 53.1 Å². The molecule has 4 aromatic rings. The van der Waals surface area contributed by atoms with Crippen molar-refractivity contribution in [2.75, 3.05) is 80.0 Å². The number of esters is 2. The summed E-state index contributed by atoms with van der Waals surface area (Å²) in [7, 11) is 7.25. The van der Waals surface area contributed by atoms with E-state index in [1.54, 1.807) is 26.0 Å². The molecule has 3 N–H and O–H groups in total. The van der Waals surface area contributed by atoms with Crippen LogP contribution in [-0.2, 0) is 27.2 Å². The van der Waals surface area contributed by atoms with Gasteiger partial charge in [0.15, 0.2) is 23.0 Å². The number of phenols is 1. The monoisotopic (exact) mass is 860 g/mol. The van der Waals surface area contributed by atoms with Crippen molar-refractivity contribution in [3.8, 4) is 34.5 Å². The molecule has 3 aromatic carbocycles. The SMILES string of the molecule is COc1ccc2[nH]c3c(c2c1)CCN(CCCO)C3C(=O)OCC(c1c(C)c(OC(C)=O)c(C)c2c1OCO2)N1CCCc2cc(C)c(OC)c(O)c2[C@@H](N(C)C)C1CSC. The van der Waals surface area contributed by atoms with E-state index >= 15 is 0 Å². The maximum Gasteiger partial charge on any atom is 0.329 e. The van der Waals surface area contributed by atoms with Crippen LogP contribution in [0.15, 0.2) is 24.3 Å². The topological polar surface area (TPSA) is 155 Å². The minimum Gasteiger partial charge on any atom is -0.504 e. The number of aromatic nitrogens is 1. The highest BCUT2D eigenvalue weighted by molar-refractivity contribution is 7.98. The average molecular weight is 861 g/mol. The van der Waals surface area contributed by atoms with Crippen molar-refractivity contribution in [1.29, 1.82) is 0 Å². The van der Waals surface area contributed by atoms with Gasteiger partial charge >= 0.3 is 11.9 Å². The molecule has 0 fully saturated rings. The molecule has 0 amide bonds. The molecule has 3 aliphatic rings. The van der Waals surface area contributed by atoms with Crippen LogP contribution in [0.4, 0.5) is 0 Å². The van der Waals surface area contributed by atoms with Gasteiger partial charge in [0.25, 0.3) is 0 Å². The normalized spacial score (nSPS) is 19.6.